The van der Waals surface area contributed by atoms with E-state index in [4.69, 9.17) is 4.74 Å². The summed E-state index contributed by atoms with van der Waals surface area (Å²) in [5.41, 5.74) is 3.02. The number of nitrogens with one attached hydrogen (secondary N) is 1. The van der Waals surface area contributed by atoms with Crippen LogP contribution in [0.15, 0.2) is 47.8 Å². The summed E-state index contributed by atoms with van der Waals surface area (Å²) in [5, 5.41) is 11.4. The van der Waals surface area contributed by atoms with Crippen molar-refractivity contribution < 1.29 is 13.2 Å². The highest BCUT2D eigenvalue weighted by Crippen LogP contribution is 2.35. The molecule has 0 radical (unpaired) electrons. The van der Waals surface area contributed by atoms with Crippen LogP contribution < -0.4 is 9.46 Å². The van der Waals surface area contributed by atoms with Crippen LogP contribution in [0.1, 0.15) is 5.56 Å². The highest BCUT2D eigenvalue weighted by Gasteiger charge is 2.16. The molecule has 1 N–H and O–H groups in total. The lowest BCUT2D eigenvalue weighted by Crippen LogP contribution is -2.09. The Kier molecular flexibility index (Phi) is 4.93. The zero-order chi connectivity index (χ0) is 18.7. The molecule has 2 aromatic heterocycles. The Bertz CT molecular complexity index is 1070. The number of hydrogen-bond donors (Lipinski definition) is 1. The number of nitrogens with zero attached hydrogens (tertiary/aromatic N) is 2. The van der Waals surface area contributed by atoms with Crippen LogP contribution in [-0.2, 0) is 10.0 Å². The molecule has 0 aliphatic rings. The van der Waals surface area contributed by atoms with E-state index in [9.17, 15) is 13.7 Å². The van der Waals surface area contributed by atoms with Crippen molar-refractivity contribution in [3.8, 4) is 33.6 Å². The second kappa shape index (κ2) is 7.15. The third kappa shape index (κ3) is 3.85. The number of nitriles is 1. The molecule has 8 heteroatoms. The van der Waals surface area contributed by atoms with Crippen LogP contribution in [0.4, 0.5) is 5.69 Å². The fourth-order valence-corrected chi connectivity index (χ4v) is 3.79. The van der Waals surface area contributed by atoms with E-state index in [-0.39, 0.29) is 5.88 Å². The maximum absolute atomic E-state index is 11.3. The molecule has 0 spiro atoms. The number of pyridine rings is 1. The molecule has 3 aromatic rings. The summed E-state index contributed by atoms with van der Waals surface area (Å²) in [7, 11) is -1.85. The van der Waals surface area contributed by atoms with Crippen molar-refractivity contribution >= 4 is 27.0 Å². The van der Waals surface area contributed by atoms with E-state index in [1.165, 1.54) is 18.4 Å². The van der Waals surface area contributed by atoms with Crippen LogP contribution in [0, 0.1) is 11.3 Å². The second-order valence-corrected chi connectivity index (χ2v) is 8.18. The Morgan fingerprint density at radius 3 is 2.50 bits per heavy atom. The molecular weight excluding hydrogens is 370 g/mol. The minimum Gasteiger partial charge on any atom is -0.480 e. The Balaban J connectivity index is 2.08. The van der Waals surface area contributed by atoms with Crippen molar-refractivity contribution in [1.29, 1.82) is 5.26 Å². The van der Waals surface area contributed by atoms with Crippen LogP contribution in [-0.4, -0.2) is 26.8 Å². The Morgan fingerprint density at radius 1 is 1.23 bits per heavy atom. The molecule has 0 fully saturated rings. The van der Waals surface area contributed by atoms with Gasteiger partial charge in [0.05, 0.1) is 19.1 Å². The maximum atomic E-state index is 11.3. The fourth-order valence-electron chi connectivity index (χ4n) is 2.47. The van der Waals surface area contributed by atoms with E-state index in [1.54, 1.807) is 24.3 Å². The van der Waals surface area contributed by atoms with E-state index in [0.29, 0.717) is 16.9 Å². The minimum atomic E-state index is -3.33. The summed E-state index contributed by atoms with van der Waals surface area (Å²) in [6.07, 6.45) is 1.10. The van der Waals surface area contributed by atoms with Crippen molar-refractivity contribution in [3.63, 3.8) is 0 Å². The largest absolute Gasteiger partial charge is 0.480 e. The van der Waals surface area contributed by atoms with Crippen LogP contribution in [0.3, 0.4) is 0 Å². The summed E-state index contributed by atoms with van der Waals surface area (Å²) in [6.45, 7) is 0. The highest BCUT2D eigenvalue weighted by atomic mass is 32.2. The maximum Gasteiger partial charge on any atom is 0.232 e. The molecule has 6 nitrogen and oxygen atoms in total. The highest BCUT2D eigenvalue weighted by molar-refractivity contribution is 7.92. The Labute approximate surface area is 155 Å². The number of benzene rings is 1. The van der Waals surface area contributed by atoms with Gasteiger partial charge in [0, 0.05) is 21.7 Å². The number of ether oxygens (including phenoxy) is 1. The molecule has 3 rings (SSSR count). The third-order valence-corrected chi connectivity index (χ3v) is 5.07. The first-order valence-corrected chi connectivity index (χ1v) is 10.3. The van der Waals surface area contributed by atoms with Crippen LogP contribution in [0.25, 0.3) is 21.7 Å². The molecule has 0 saturated heterocycles. The third-order valence-electron chi connectivity index (χ3n) is 3.56. The van der Waals surface area contributed by atoms with Crippen molar-refractivity contribution in [2.24, 2.45) is 0 Å². The summed E-state index contributed by atoms with van der Waals surface area (Å²) < 4.78 is 30.4. The molecule has 0 atom stereocenters. The van der Waals surface area contributed by atoms with Crippen LogP contribution in [0.5, 0.6) is 5.88 Å². The van der Waals surface area contributed by atoms with E-state index in [0.717, 1.165) is 22.3 Å². The van der Waals surface area contributed by atoms with Crippen molar-refractivity contribution in [2.75, 3.05) is 18.1 Å². The first-order valence-electron chi connectivity index (χ1n) is 7.52. The van der Waals surface area contributed by atoms with Gasteiger partial charge < -0.3 is 4.74 Å². The first kappa shape index (κ1) is 17.9. The van der Waals surface area contributed by atoms with Gasteiger partial charge in [-0.2, -0.15) is 5.26 Å². The van der Waals surface area contributed by atoms with Gasteiger partial charge in [0.1, 0.15) is 11.6 Å². The normalized spacial score (nSPS) is 11.0. The standard InChI is InChI=1S/C18H15N3O3S2/c1-24-18-15(11-19)14(17-4-3-9-25-17)10-16(20-18)12-5-7-13(8-6-12)21-26(2,22)23/h3-10,21H,1-2H3. The summed E-state index contributed by atoms with van der Waals surface area (Å²) >= 11 is 1.53. The molecular formula is C18H15N3O3S2. The molecule has 26 heavy (non-hydrogen) atoms. The molecule has 0 saturated carbocycles. The molecule has 2 heterocycles. The monoisotopic (exact) mass is 385 g/mol. The number of anilines is 1. The van der Waals surface area contributed by atoms with Gasteiger partial charge in [0.15, 0.2) is 0 Å². The number of rotatable bonds is 5. The number of hydrogen-bond acceptors (Lipinski definition) is 6. The van der Waals surface area contributed by atoms with Gasteiger partial charge in [-0.25, -0.2) is 13.4 Å². The average molecular weight is 385 g/mol. The average Bonchev–Trinajstić information content (AvgIpc) is 3.14. The lowest BCUT2D eigenvalue weighted by Gasteiger charge is -2.11. The van der Waals surface area contributed by atoms with Gasteiger partial charge in [-0.05, 0) is 29.6 Å². The quantitative estimate of drug-likeness (QED) is 0.722. The molecule has 0 bridgehead atoms. The second-order valence-electron chi connectivity index (χ2n) is 5.48. The molecule has 1 aromatic carbocycles. The van der Waals surface area contributed by atoms with Crippen LogP contribution in [0.2, 0.25) is 0 Å². The number of aromatic nitrogens is 1. The summed E-state index contributed by atoms with van der Waals surface area (Å²) in [6, 6.07) is 14.7. The Morgan fingerprint density at radius 2 is 1.96 bits per heavy atom. The summed E-state index contributed by atoms with van der Waals surface area (Å²) in [4.78, 5) is 5.37. The SMILES string of the molecule is COc1nc(-c2ccc(NS(C)(=O)=O)cc2)cc(-c2cccs2)c1C#N. The smallest absolute Gasteiger partial charge is 0.232 e. The molecule has 0 unspecified atom stereocenters. The lowest BCUT2D eigenvalue weighted by molar-refractivity contribution is 0.397. The topological polar surface area (TPSA) is 92.1 Å². The van der Waals surface area contributed by atoms with Gasteiger partial charge in [0.25, 0.3) is 0 Å². The number of thiophene rings is 1. The minimum absolute atomic E-state index is 0.256. The predicted molar refractivity (Wildman–Crippen MR) is 103 cm³/mol. The lowest BCUT2D eigenvalue weighted by atomic mass is 10.0. The molecule has 0 aliphatic heterocycles. The molecule has 0 amide bonds. The Hall–Kier alpha value is -2.89. The zero-order valence-electron chi connectivity index (χ0n) is 14.1. The zero-order valence-corrected chi connectivity index (χ0v) is 15.7. The van der Waals surface area contributed by atoms with Gasteiger partial charge >= 0.3 is 0 Å². The van der Waals surface area contributed by atoms with E-state index in [2.05, 4.69) is 15.8 Å². The van der Waals surface area contributed by atoms with E-state index in [1.807, 2.05) is 23.6 Å². The molecule has 132 valence electrons. The summed E-state index contributed by atoms with van der Waals surface area (Å²) in [5.74, 6) is 0.256. The number of methoxy groups -OCH3 is 1. The van der Waals surface area contributed by atoms with E-state index >= 15 is 0 Å². The van der Waals surface area contributed by atoms with Crippen LogP contribution >= 0.6 is 11.3 Å². The van der Waals surface area contributed by atoms with E-state index < -0.39 is 10.0 Å². The first-order chi connectivity index (χ1) is 12.4. The van der Waals surface area contributed by atoms with Gasteiger partial charge in [-0.15, -0.1) is 11.3 Å². The number of sulfonamides is 1. The fraction of sp³-hybridized carbons (Fsp3) is 0.111. The van der Waals surface area contributed by atoms with Gasteiger partial charge in [0.2, 0.25) is 15.9 Å². The molecule has 0 aliphatic carbocycles. The predicted octanol–water partition coefficient (Wildman–Crippen LogP) is 3.73. The van der Waals surface area contributed by atoms with Crippen molar-refractivity contribution in [3.05, 3.63) is 53.4 Å². The van der Waals surface area contributed by atoms with Crippen molar-refractivity contribution in [1.82, 2.24) is 4.98 Å². The van der Waals surface area contributed by atoms with Gasteiger partial charge in [-0.3, -0.25) is 4.72 Å². The van der Waals surface area contributed by atoms with Crippen molar-refractivity contribution in [2.45, 2.75) is 0 Å². The van der Waals surface area contributed by atoms with Gasteiger partial charge in [-0.1, -0.05) is 18.2 Å².